The van der Waals surface area contributed by atoms with Crippen LogP contribution in [0.3, 0.4) is 0 Å². The van der Waals surface area contributed by atoms with E-state index >= 15 is 0 Å². The summed E-state index contributed by atoms with van der Waals surface area (Å²) in [5.74, 6) is -0.0826. The summed E-state index contributed by atoms with van der Waals surface area (Å²) in [5.41, 5.74) is 2.96. The monoisotopic (exact) mass is 404 g/mol. The number of hydrogen-bond acceptors (Lipinski definition) is 3. The van der Waals surface area contributed by atoms with Crippen molar-refractivity contribution in [2.24, 2.45) is 0 Å². The predicted molar refractivity (Wildman–Crippen MR) is 116 cm³/mol. The molecule has 1 aliphatic rings. The summed E-state index contributed by atoms with van der Waals surface area (Å²) in [4.78, 5) is 28.9. The van der Waals surface area contributed by atoms with Crippen LogP contribution in [0.5, 0.6) is 0 Å². The second kappa shape index (κ2) is 8.62. The van der Waals surface area contributed by atoms with Crippen molar-refractivity contribution in [3.63, 3.8) is 0 Å². The Bertz CT molecular complexity index is 984. The highest BCUT2D eigenvalue weighted by molar-refractivity contribution is 7.10. The molecule has 29 heavy (non-hydrogen) atoms. The van der Waals surface area contributed by atoms with E-state index in [2.05, 4.69) is 28.9 Å². The Hall–Kier alpha value is -2.92. The van der Waals surface area contributed by atoms with E-state index in [9.17, 15) is 9.59 Å². The molecule has 0 radical (unpaired) electrons. The maximum absolute atomic E-state index is 13.2. The van der Waals surface area contributed by atoms with Crippen molar-refractivity contribution in [2.45, 2.75) is 31.8 Å². The van der Waals surface area contributed by atoms with Crippen LogP contribution in [0.1, 0.15) is 45.7 Å². The Kier molecular flexibility index (Phi) is 5.76. The van der Waals surface area contributed by atoms with E-state index in [0.29, 0.717) is 12.1 Å². The van der Waals surface area contributed by atoms with Crippen LogP contribution in [-0.2, 0) is 11.2 Å². The fourth-order valence-electron chi connectivity index (χ4n) is 3.91. The number of carbonyl (C=O) groups is 2. The van der Waals surface area contributed by atoms with E-state index in [4.69, 9.17) is 0 Å². The minimum absolute atomic E-state index is 0.0595. The summed E-state index contributed by atoms with van der Waals surface area (Å²) in [7, 11) is 0. The highest BCUT2D eigenvalue weighted by Crippen LogP contribution is 2.38. The third-order valence-corrected chi connectivity index (χ3v) is 6.29. The van der Waals surface area contributed by atoms with Crippen LogP contribution in [0, 0.1) is 0 Å². The molecule has 0 saturated carbocycles. The van der Waals surface area contributed by atoms with Crippen LogP contribution in [-0.4, -0.2) is 29.3 Å². The zero-order valence-corrected chi connectivity index (χ0v) is 17.2. The van der Waals surface area contributed by atoms with Crippen molar-refractivity contribution >= 4 is 23.2 Å². The van der Waals surface area contributed by atoms with Gasteiger partial charge in [-0.05, 0) is 48.1 Å². The van der Waals surface area contributed by atoms with E-state index in [-0.39, 0.29) is 30.3 Å². The third kappa shape index (κ3) is 4.25. The lowest BCUT2D eigenvalue weighted by Gasteiger charge is -2.37. The standard InChI is InChI=1S/C24H24N2O2S/c1-17(25-24(28)19-10-6-3-7-11-19)16-22(27)26-14-12-21-20(13-15-29-21)23(26)18-8-4-2-5-9-18/h2-11,13,15,17,23H,12,14,16H2,1H3,(H,25,28)/t17-,23-/m0/s1. The molecule has 0 unspecified atom stereocenters. The molecule has 0 saturated heterocycles. The van der Waals surface area contributed by atoms with Gasteiger partial charge in [0, 0.05) is 29.4 Å². The largest absolute Gasteiger partial charge is 0.349 e. The summed E-state index contributed by atoms with van der Waals surface area (Å²) >= 11 is 1.76. The van der Waals surface area contributed by atoms with Crippen LogP contribution in [0.15, 0.2) is 72.1 Å². The fourth-order valence-corrected chi connectivity index (χ4v) is 4.81. The Morgan fingerprint density at radius 3 is 2.48 bits per heavy atom. The Morgan fingerprint density at radius 1 is 1.07 bits per heavy atom. The molecule has 2 amide bonds. The summed E-state index contributed by atoms with van der Waals surface area (Å²) in [6.07, 6.45) is 1.16. The number of benzene rings is 2. The number of amides is 2. The van der Waals surface area contributed by atoms with Crippen molar-refractivity contribution in [1.29, 1.82) is 0 Å². The molecule has 1 N–H and O–H groups in total. The number of carbonyl (C=O) groups excluding carboxylic acids is 2. The van der Waals surface area contributed by atoms with Gasteiger partial charge in [0.05, 0.1) is 6.04 Å². The lowest BCUT2D eigenvalue weighted by atomic mass is 9.92. The zero-order chi connectivity index (χ0) is 20.2. The van der Waals surface area contributed by atoms with Crippen molar-refractivity contribution in [1.82, 2.24) is 10.2 Å². The zero-order valence-electron chi connectivity index (χ0n) is 16.4. The third-order valence-electron chi connectivity index (χ3n) is 5.30. The van der Waals surface area contributed by atoms with Gasteiger partial charge in [0.1, 0.15) is 0 Å². The lowest BCUT2D eigenvalue weighted by Crippen LogP contribution is -2.43. The summed E-state index contributed by atoms with van der Waals surface area (Å²) in [6.45, 7) is 2.58. The molecule has 0 bridgehead atoms. The molecule has 0 spiro atoms. The molecular formula is C24H24N2O2S. The van der Waals surface area contributed by atoms with Crippen molar-refractivity contribution in [3.05, 3.63) is 93.7 Å². The topological polar surface area (TPSA) is 49.4 Å². The molecule has 3 aromatic rings. The average Bonchev–Trinajstić information content (AvgIpc) is 3.23. The van der Waals surface area contributed by atoms with Gasteiger partial charge in [-0.25, -0.2) is 0 Å². The molecule has 5 heteroatoms. The molecule has 4 nitrogen and oxygen atoms in total. The van der Waals surface area contributed by atoms with Gasteiger partial charge < -0.3 is 10.2 Å². The first-order valence-electron chi connectivity index (χ1n) is 9.90. The molecular weight excluding hydrogens is 380 g/mol. The van der Waals surface area contributed by atoms with E-state index < -0.39 is 0 Å². The van der Waals surface area contributed by atoms with Crippen LogP contribution in [0.4, 0.5) is 0 Å². The van der Waals surface area contributed by atoms with E-state index in [1.807, 2.05) is 48.2 Å². The summed E-state index contributed by atoms with van der Waals surface area (Å²) in [5, 5.41) is 5.06. The average molecular weight is 405 g/mol. The van der Waals surface area contributed by atoms with E-state index in [0.717, 1.165) is 12.0 Å². The minimum atomic E-state index is -0.240. The molecule has 2 heterocycles. The second-order valence-corrected chi connectivity index (χ2v) is 8.39. The number of nitrogens with one attached hydrogen (secondary N) is 1. The van der Waals surface area contributed by atoms with Gasteiger partial charge in [-0.1, -0.05) is 48.5 Å². The van der Waals surface area contributed by atoms with Gasteiger partial charge in [-0.15, -0.1) is 11.3 Å². The number of rotatable bonds is 5. The summed E-state index contributed by atoms with van der Waals surface area (Å²) in [6, 6.07) is 21.1. The number of thiophene rings is 1. The van der Waals surface area contributed by atoms with Gasteiger partial charge in [0.15, 0.2) is 0 Å². The SMILES string of the molecule is C[C@@H](CC(=O)N1CCc2sccc2[C@@H]1c1ccccc1)NC(=O)c1ccccc1. The smallest absolute Gasteiger partial charge is 0.251 e. The lowest BCUT2D eigenvalue weighted by molar-refractivity contribution is -0.133. The molecule has 0 fully saturated rings. The second-order valence-electron chi connectivity index (χ2n) is 7.39. The fraction of sp³-hybridized carbons (Fsp3) is 0.250. The maximum atomic E-state index is 13.2. The highest BCUT2D eigenvalue weighted by Gasteiger charge is 2.33. The minimum Gasteiger partial charge on any atom is -0.349 e. The van der Waals surface area contributed by atoms with Crippen molar-refractivity contribution < 1.29 is 9.59 Å². The Morgan fingerprint density at radius 2 is 1.76 bits per heavy atom. The first kappa shape index (κ1) is 19.4. The highest BCUT2D eigenvalue weighted by atomic mass is 32.1. The van der Waals surface area contributed by atoms with E-state index in [1.165, 1.54) is 10.4 Å². The molecule has 1 aliphatic heterocycles. The molecule has 2 atom stereocenters. The number of nitrogens with zero attached hydrogens (tertiary/aromatic N) is 1. The van der Waals surface area contributed by atoms with Crippen LogP contribution >= 0.6 is 11.3 Å². The van der Waals surface area contributed by atoms with Gasteiger partial charge >= 0.3 is 0 Å². The quantitative estimate of drug-likeness (QED) is 0.684. The molecule has 4 rings (SSSR count). The van der Waals surface area contributed by atoms with Gasteiger partial charge in [-0.2, -0.15) is 0 Å². The van der Waals surface area contributed by atoms with E-state index in [1.54, 1.807) is 23.5 Å². The van der Waals surface area contributed by atoms with Crippen LogP contribution in [0.25, 0.3) is 0 Å². The van der Waals surface area contributed by atoms with Gasteiger partial charge in [0.25, 0.3) is 5.91 Å². The van der Waals surface area contributed by atoms with Gasteiger partial charge in [-0.3, -0.25) is 9.59 Å². The van der Waals surface area contributed by atoms with Crippen LogP contribution < -0.4 is 5.32 Å². The molecule has 148 valence electrons. The predicted octanol–water partition coefficient (Wildman–Crippen LogP) is 4.43. The van der Waals surface area contributed by atoms with Gasteiger partial charge in [0.2, 0.25) is 5.91 Å². The number of fused-ring (bicyclic) bond motifs is 1. The summed E-state index contributed by atoms with van der Waals surface area (Å²) < 4.78 is 0. The Balaban J connectivity index is 1.49. The maximum Gasteiger partial charge on any atom is 0.251 e. The van der Waals surface area contributed by atoms with Crippen LogP contribution in [0.2, 0.25) is 0 Å². The first-order chi connectivity index (χ1) is 14.1. The molecule has 1 aromatic heterocycles. The molecule has 0 aliphatic carbocycles. The normalized spacial score (nSPS) is 16.7. The first-order valence-corrected chi connectivity index (χ1v) is 10.8. The van der Waals surface area contributed by atoms with Crippen molar-refractivity contribution in [3.8, 4) is 0 Å². The Labute approximate surface area is 175 Å². The van der Waals surface area contributed by atoms with Crippen molar-refractivity contribution in [2.75, 3.05) is 6.54 Å². The molecule has 2 aromatic carbocycles. The number of hydrogen-bond donors (Lipinski definition) is 1.